The van der Waals surface area contributed by atoms with Crippen molar-refractivity contribution in [2.24, 2.45) is 10.7 Å². The number of fused-ring (bicyclic) bond motifs is 5. The van der Waals surface area contributed by atoms with Crippen molar-refractivity contribution in [1.82, 2.24) is 4.98 Å². The summed E-state index contributed by atoms with van der Waals surface area (Å²) in [5.41, 5.74) is 8.18. The number of hydrogen-bond acceptors (Lipinski definition) is 4. The third-order valence-electron chi connectivity index (χ3n) is 4.26. The monoisotopic (exact) mass is 396 g/mol. The normalized spacial score (nSPS) is 11.9. The van der Waals surface area contributed by atoms with Crippen molar-refractivity contribution < 1.29 is 0 Å². The molecule has 0 aliphatic carbocycles. The Morgan fingerprint density at radius 2 is 2.00 bits per heavy atom. The first kappa shape index (κ1) is 18.9. The summed E-state index contributed by atoms with van der Waals surface area (Å²) in [7, 11) is 0. The Morgan fingerprint density at radius 3 is 2.70 bits per heavy atom. The van der Waals surface area contributed by atoms with Gasteiger partial charge in [0, 0.05) is 38.0 Å². The highest BCUT2D eigenvalue weighted by Gasteiger charge is 2.14. The molecule has 0 saturated heterocycles. The molecule has 2 heterocycles. The van der Waals surface area contributed by atoms with E-state index in [1.165, 1.54) is 11.3 Å². The summed E-state index contributed by atoms with van der Waals surface area (Å²) < 4.78 is 1.57. The van der Waals surface area contributed by atoms with E-state index in [4.69, 9.17) is 11.0 Å². The molecule has 4 rings (SSSR count). The second kappa shape index (κ2) is 7.03. The lowest BCUT2D eigenvalue weighted by molar-refractivity contribution is 0.834. The van der Waals surface area contributed by atoms with Crippen LogP contribution in [0.25, 0.3) is 31.1 Å². The number of rotatable bonds is 2. The van der Waals surface area contributed by atoms with Gasteiger partial charge in [0.1, 0.15) is 10.5 Å². The Kier molecular flexibility index (Phi) is 4.92. The van der Waals surface area contributed by atoms with Gasteiger partial charge in [-0.3, -0.25) is 9.79 Å². The van der Waals surface area contributed by atoms with E-state index >= 15 is 0 Å². The molecule has 0 radical (unpaired) electrons. The Morgan fingerprint density at radius 1 is 1.22 bits per heavy atom. The zero-order chi connectivity index (χ0) is 18.4. The number of benzene rings is 2. The van der Waals surface area contributed by atoms with Gasteiger partial charge in [-0.05, 0) is 44.2 Å². The smallest absolute Gasteiger partial charge is 0.266 e. The number of nitrogens with one attached hydrogen (secondary N) is 1. The number of hydrogen-bond donors (Lipinski definition) is 2. The molecule has 2 aromatic heterocycles. The van der Waals surface area contributed by atoms with Crippen molar-refractivity contribution >= 4 is 60.7 Å². The van der Waals surface area contributed by atoms with Gasteiger partial charge in [0.2, 0.25) is 0 Å². The summed E-state index contributed by atoms with van der Waals surface area (Å²) in [5.74, 6) is 0.479. The lowest BCUT2D eigenvalue weighted by Gasteiger charge is -2.06. The Labute approximate surface area is 165 Å². The molecule has 0 unspecified atom stereocenters. The molecule has 0 aliphatic rings. The second-order valence-corrected chi connectivity index (χ2v) is 7.50. The molecular formula is C20H17ClN4OS. The number of aromatic amines is 1. The van der Waals surface area contributed by atoms with E-state index < -0.39 is 0 Å². The van der Waals surface area contributed by atoms with Crippen LogP contribution in [0.1, 0.15) is 25.0 Å². The van der Waals surface area contributed by atoms with Gasteiger partial charge in [-0.25, -0.2) is 0 Å². The van der Waals surface area contributed by atoms with Crippen LogP contribution in [-0.4, -0.2) is 16.9 Å². The summed E-state index contributed by atoms with van der Waals surface area (Å²) >= 11 is 1.40. The van der Waals surface area contributed by atoms with Gasteiger partial charge in [-0.1, -0.05) is 6.07 Å². The number of nitrogens with two attached hydrogens (primary N) is 1. The van der Waals surface area contributed by atoms with Gasteiger partial charge in [0.05, 0.1) is 11.6 Å². The predicted octanol–water partition coefficient (Wildman–Crippen LogP) is 4.30. The van der Waals surface area contributed by atoms with Crippen molar-refractivity contribution in [3.05, 3.63) is 57.9 Å². The fourth-order valence-electron chi connectivity index (χ4n) is 3.14. The first-order valence-electron chi connectivity index (χ1n) is 8.24. The van der Waals surface area contributed by atoms with Crippen LogP contribution < -0.4 is 11.3 Å². The maximum Gasteiger partial charge on any atom is 0.266 e. The summed E-state index contributed by atoms with van der Waals surface area (Å²) in [5, 5.41) is 11.9. The highest BCUT2D eigenvalue weighted by molar-refractivity contribution is 7.26. The molecule has 0 amide bonds. The van der Waals surface area contributed by atoms with Gasteiger partial charge >= 0.3 is 0 Å². The van der Waals surface area contributed by atoms with Crippen LogP contribution in [-0.2, 0) is 0 Å². The molecule has 136 valence electrons. The lowest BCUT2D eigenvalue weighted by atomic mass is 10.0. The average molecular weight is 397 g/mol. The van der Waals surface area contributed by atoms with Gasteiger partial charge in [-0.2, -0.15) is 5.26 Å². The molecule has 5 nitrogen and oxygen atoms in total. The van der Waals surface area contributed by atoms with Crippen molar-refractivity contribution in [1.29, 1.82) is 5.26 Å². The van der Waals surface area contributed by atoms with E-state index in [1.54, 1.807) is 6.07 Å². The number of halogens is 1. The zero-order valence-corrected chi connectivity index (χ0v) is 16.4. The fraction of sp³-hybridized carbons (Fsp3) is 0.150. The van der Waals surface area contributed by atoms with Crippen LogP contribution in [0.5, 0.6) is 0 Å². The molecule has 0 saturated carbocycles. The largest absolute Gasteiger partial charge is 0.383 e. The predicted molar refractivity (Wildman–Crippen MR) is 115 cm³/mol. The van der Waals surface area contributed by atoms with E-state index in [1.807, 2.05) is 44.2 Å². The van der Waals surface area contributed by atoms with Gasteiger partial charge in [0.15, 0.2) is 0 Å². The van der Waals surface area contributed by atoms with Crippen molar-refractivity contribution in [3.63, 3.8) is 0 Å². The summed E-state index contributed by atoms with van der Waals surface area (Å²) in [4.78, 5) is 19.9. The van der Waals surface area contributed by atoms with Gasteiger partial charge in [0.25, 0.3) is 5.56 Å². The molecule has 0 bridgehead atoms. The van der Waals surface area contributed by atoms with E-state index in [0.29, 0.717) is 16.1 Å². The SMILES string of the molecule is CC(C)N=C(N)c1ccc2[nH]c(=O)c3sc4cc(C#N)ccc4c3c2c1.Cl. The van der Waals surface area contributed by atoms with Gasteiger partial charge in [-0.15, -0.1) is 23.7 Å². The molecular weight excluding hydrogens is 380 g/mol. The summed E-state index contributed by atoms with van der Waals surface area (Å²) in [6.45, 7) is 3.95. The van der Waals surface area contributed by atoms with Crippen LogP contribution in [0.2, 0.25) is 0 Å². The van der Waals surface area contributed by atoms with E-state index in [0.717, 1.165) is 31.9 Å². The number of nitriles is 1. The van der Waals surface area contributed by atoms with Crippen molar-refractivity contribution in [2.75, 3.05) is 0 Å². The summed E-state index contributed by atoms with van der Waals surface area (Å²) in [6, 6.07) is 13.5. The first-order chi connectivity index (χ1) is 12.5. The van der Waals surface area contributed by atoms with E-state index in [9.17, 15) is 4.79 Å². The molecule has 3 N–H and O–H groups in total. The van der Waals surface area contributed by atoms with Gasteiger partial charge < -0.3 is 10.7 Å². The molecule has 27 heavy (non-hydrogen) atoms. The number of aliphatic imine (C=N–C) groups is 1. The van der Waals surface area contributed by atoms with Crippen LogP contribution in [0.4, 0.5) is 0 Å². The molecule has 0 spiro atoms. The molecule has 4 aromatic rings. The molecule has 0 aliphatic heterocycles. The average Bonchev–Trinajstić information content (AvgIpc) is 3.00. The van der Waals surface area contributed by atoms with E-state index in [-0.39, 0.29) is 24.0 Å². The number of thiophene rings is 1. The molecule has 7 heteroatoms. The Hall–Kier alpha value is -2.88. The maximum absolute atomic E-state index is 12.5. The third-order valence-corrected chi connectivity index (χ3v) is 5.41. The molecule has 0 fully saturated rings. The van der Waals surface area contributed by atoms with Crippen LogP contribution in [0, 0.1) is 11.3 Å². The number of pyridine rings is 1. The maximum atomic E-state index is 12.5. The molecule has 0 atom stereocenters. The topological polar surface area (TPSA) is 95.0 Å². The standard InChI is InChI=1S/C20H16N4OS.ClH/c1-10(2)23-19(22)12-4-6-15-14(8-12)17-13-5-3-11(9-21)7-16(13)26-18(17)20(25)24-15;/h3-8,10H,1-2H3,(H2,22,23)(H,24,25);1H. The second-order valence-electron chi connectivity index (χ2n) is 6.45. The number of amidine groups is 1. The van der Waals surface area contributed by atoms with Crippen LogP contribution in [0.15, 0.2) is 46.2 Å². The number of aromatic nitrogens is 1. The quantitative estimate of drug-likeness (QED) is 0.390. The highest BCUT2D eigenvalue weighted by Crippen LogP contribution is 2.36. The third kappa shape index (κ3) is 3.16. The molecule has 2 aromatic carbocycles. The number of nitrogens with zero attached hydrogens (tertiary/aromatic N) is 2. The fourth-order valence-corrected chi connectivity index (χ4v) is 4.30. The Balaban J connectivity index is 0.00000210. The minimum Gasteiger partial charge on any atom is -0.383 e. The minimum atomic E-state index is -0.122. The van der Waals surface area contributed by atoms with Crippen molar-refractivity contribution in [3.8, 4) is 6.07 Å². The lowest BCUT2D eigenvalue weighted by Crippen LogP contribution is -2.16. The van der Waals surface area contributed by atoms with Crippen LogP contribution >= 0.6 is 23.7 Å². The first-order valence-corrected chi connectivity index (χ1v) is 9.05. The highest BCUT2D eigenvalue weighted by atomic mass is 35.5. The van der Waals surface area contributed by atoms with Crippen molar-refractivity contribution in [2.45, 2.75) is 19.9 Å². The Bertz CT molecular complexity index is 1310. The zero-order valence-electron chi connectivity index (χ0n) is 14.7. The van der Waals surface area contributed by atoms with E-state index in [2.05, 4.69) is 16.0 Å². The minimum absolute atomic E-state index is 0. The number of H-pyrrole nitrogens is 1. The summed E-state index contributed by atoms with van der Waals surface area (Å²) in [6.07, 6.45) is 0. The van der Waals surface area contributed by atoms with Crippen LogP contribution in [0.3, 0.4) is 0 Å².